The molecule has 1 unspecified atom stereocenters. The van der Waals surface area contributed by atoms with E-state index in [2.05, 4.69) is 53.6 Å². The number of aromatic nitrogens is 2. The van der Waals surface area contributed by atoms with Crippen molar-refractivity contribution in [1.29, 1.82) is 0 Å². The smallest absolute Gasteiger partial charge is 0.226 e. The average Bonchev–Trinajstić information content (AvgIpc) is 2.98. The topological polar surface area (TPSA) is 51.0 Å². The van der Waals surface area contributed by atoms with Gasteiger partial charge in [0.25, 0.3) is 0 Å². The fourth-order valence-corrected chi connectivity index (χ4v) is 2.23. The standard InChI is InChI=1S/C17H25N3O/c1-3-13-18-14(2)9-12-17-19-16(20-21-17)11-10-15-7-5-4-6-8-15/h4-8,14,18H,3,9-13H2,1-2H3. The zero-order valence-corrected chi connectivity index (χ0v) is 13.0. The van der Waals surface area contributed by atoms with E-state index in [1.807, 2.05) is 6.07 Å². The number of nitrogens with zero attached hydrogens (tertiary/aromatic N) is 2. The normalized spacial score (nSPS) is 12.5. The summed E-state index contributed by atoms with van der Waals surface area (Å²) in [5.41, 5.74) is 1.31. The molecule has 0 saturated carbocycles. The van der Waals surface area contributed by atoms with Crippen molar-refractivity contribution in [2.75, 3.05) is 6.54 Å². The second-order valence-electron chi connectivity index (χ2n) is 5.48. The van der Waals surface area contributed by atoms with Crippen LogP contribution < -0.4 is 5.32 Å². The summed E-state index contributed by atoms with van der Waals surface area (Å²) in [7, 11) is 0. The summed E-state index contributed by atoms with van der Waals surface area (Å²) in [5, 5.41) is 7.53. The van der Waals surface area contributed by atoms with Gasteiger partial charge in [-0.3, -0.25) is 0 Å². The van der Waals surface area contributed by atoms with E-state index in [-0.39, 0.29) is 0 Å². The van der Waals surface area contributed by atoms with E-state index < -0.39 is 0 Å². The Balaban J connectivity index is 1.73. The van der Waals surface area contributed by atoms with Crippen LogP contribution >= 0.6 is 0 Å². The summed E-state index contributed by atoms with van der Waals surface area (Å²) < 4.78 is 5.32. The van der Waals surface area contributed by atoms with Gasteiger partial charge in [-0.2, -0.15) is 4.98 Å². The van der Waals surface area contributed by atoms with Gasteiger partial charge in [0.15, 0.2) is 5.82 Å². The highest BCUT2D eigenvalue weighted by molar-refractivity contribution is 5.15. The van der Waals surface area contributed by atoms with E-state index in [4.69, 9.17) is 4.52 Å². The van der Waals surface area contributed by atoms with E-state index in [1.165, 1.54) is 5.56 Å². The van der Waals surface area contributed by atoms with Gasteiger partial charge in [0, 0.05) is 18.9 Å². The lowest BCUT2D eigenvalue weighted by Crippen LogP contribution is -2.27. The van der Waals surface area contributed by atoms with Crippen LogP contribution in [0.5, 0.6) is 0 Å². The maximum absolute atomic E-state index is 5.32. The van der Waals surface area contributed by atoms with Crippen LogP contribution in [0.4, 0.5) is 0 Å². The molecule has 21 heavy (non-hydrogen) atoms. The third kappa shape index (κ3) is 5.68. The zero-order valence-electron chi connectivity index (χ0n) is 13.0. The van der Waals surface area contributed by atoms with Crippen LogP contribution in [0, 0.1) is 0 Å². The molecule has 0 aliphatic heterocycles. The van der Waals surface area contributed by atoms with Crippen molar-refractivity contribution < 1.29 is 4.52 Å². The molecule has 0 spiro atoms. The van der Waals surface area contributed by atoms with E-state index in [9.17, 15) is 0 Å². The number of aryl methyl sites for hydroxylation is 3. The van der Waals surface area contributed by atoms with E-state index in [1.54, 1.807) is 0 Å². The minimum absolute atomic E-state index is 0.490. The van der Waals surface area contributed by atoms with Crippen LogP contribution in [0.2, 0.25) is 0 Å². The number of benzene rings is 1. The van der Waals surface area contributed by atoms with Crippen molar-refractivity contribution in [2.24, 2.45) is 0 Å². The number of nitrogens with one attached hydrogen (secondary N) is 1. The Kier molecular flexibility index (Phi) is 6.41. The first kappa shape index (κ1) is 15.7. The second-order valence-corrected chi connectivity index (χ2v) is 5.48. The predicted octanol–water partition coefficient (Wildman–Crippen LogP) is 3.18. The molecule has 1 aromatic carbocycles. The first-order valence-corrected chi connectivity index (χ1v) is 7.86. The fraction of sp³-hybridized carbons (Fsp3) is 0.529. The van der Waals surface area contributed by atoms with Crippen LogP contribution in [0.1, 0.15) is 44.0 Å². The van der Waals surface area contributed by atoms with Crippen molar-refractivity contribution in [2.45, 2.75) is 52.0 Å². The second kappa shape index (κ2) is 8.57. The minimum atomic E-state index is 0.490. The number of hydrogen-bond acceptors (Lipinski definition) is 4. The highest BCUT2D eigenvalue weighted by atomic mass is 16.5. The lowest BCUT2D eigenvalue weighted by atomic mass is 10.1. The Bertz CT molecular complexity index is 510. The predicted molar refractivity (Wildman–Crippen MR) is 84.2 cm³/mol. The van der Waals surface area contributed by atoms with Gasteiger partial charge in [-0.15, -0.1) is 0 Å². The molecule has 1 aromatic heterocycles. The molecule has 4 nitrogen and oxygen atoms in total. The van der Waals surface area contributed by atoms with Gasteiger partial charge in [0.1, 0.15) is 0 Å². The average molecular weight is 287 g/mol. The summed E-state index contributed by atoms with van der Waals surface area (Å²) in [6.45, 7) is 5.44. The molecule has 0 amide bonds. The molecule has 0 bridgehead atoms. The molecular formula is C17H25N3O. The molecule has 0 radical (unpaired) electrons. The van der Waals surface area contributed by atoms with Gasteiger partial charge >= 0.3 is 0 Å². The van der Waals surface area contributed by atoms with Crippen molar-refractivity contribution in [3.05, 3.63) is 47.6 Å². The molecule has 2 rings (SSSR count). The van der Waals surface area contributed by atoms with Crippen molar-refractivity contribution in [1.82, 2.24) is 15.5 Å². The molecular weight excluding hydrogens is 262 g/mol. The van der Waals surface area contributed by atoms with Gasteiger partial charge in [-0.1, -0.05) is 42.4 Å². The van der Waals surface area contributed by atoms with E-state index >= 15 is 0 Å². The van der Waals surface area contributed by atoms with Gasteiger partial charge in [-0.25, -0.2) is 0 Å². The Morgan fingerprint density at radius 1 is 1.14 bits per heavy atom. The highest BCUT2D eigenvalue weighted by Crippen LogP contribution is 2.07. The third-order valence-corrected chi connectivity index (χ3v) is 3.52. The summed E-state index contributed by atoms with van der Waals surface area (Å²) in [6, 6.07) is 10.9. The van der Waals surface area contributed by atoms with Crippen LogP contribution in [0.25, 0.3) is 0 Å². The molecule has 1 heterocycles. The molecule has 114 valence electrons. The Labute approximate surface area is 127 Å². The van der Waals surface area contributed by atoms with Gasteiger partial charge in [0.2, 0.25) is 5.89 Å². The van der Waals surface area contributed by atoms with Crippen molar-refractivity contribution in [3.63, 3.8) is 0 Å². The number of hydrogen-bond donors (Lipinski definition) is 1. The molecule has 0 fully saturated rings. The highest BCUT2D eigenvalue weighted by Gasteiger charge is 2.08. The lowest BCUT2D eigenvalue weighted by molar-refractivity contribution is 0.362. The summed E-state index contributed by atoms with van der Waals surface area (Å²) in [5.74, 6) is 1.56. The number of rotatable bonds is 9. The zero-order chi connectivity index (χ0) is 14.9. The monoisotopic (exact) mass is 287 g/mol. The molecule has 1 N–H and O–H groups in total. The molecule has 4 heteroatoms. The maximum Gasteiger partial charge on any atom is 0.226 e. The summed E-state index contributed by atoms with van der Waals surface area (Å²) in [6.07, 6.45) is 4.82. The largest absolute Gasteiger partial charge is 0.339 e. The van der Waals surface area contributed by atoms with Crippen molar-refractivity contribution >= 4 is 0 Å². The van der Waals surface area contributed by atoms with Crippen molar-refractivity contribution in [3.8, 4) is 0 Å². The van der Waals surface area contributed by atoms with Crippen LogP contribution in [0.15, 0.2) is 34.9 Å². The molecule has 0 saturated heterocycles. The first-order chi connectivity index (χ1) is 10.3. The third-order valence-electron chi connectivity index (χ3n) is 3.52. The minimum Gasteiger partial charge on any atom is -0.339 e. The van der Waals surface area contributed by atoms with E-state index in [0.717, 1.165) is 50.4 Å². The molecule has 1 atom stereocenters. The SMILES string of the molecule is CCCNC(C)CCc1nc(CCc2ccccc2)no1. The van der Waals surface area contributed by atoms with Gasteiger partial charge in [-0.05, 0) is 38.3 Å². The summed E-state index contributed by atoms with van der Waals surface area (Å²) in [4.78, 5) is 4.47. The van der Waals surface area contributed by atoms with Crippen LogP contribution in [0.3, 0.4) is 0 Å². The fourth-order valence-electron chi connectivity index (χ4n) is 2.23. The molecule has 0 aliphatic carbocycles. The molecule has 0 aliphatic rings. The Hall–Kier alpha value is -1.68. The van der Waals surface area contributed by atoms with Crippen LogP contribution in [-0.2, 0) is 19.3 Å². The van der Waals surface area contributed by atoms with Gasteiger partial charge < -0.3 is 9.84 Å². The maximum atomic E-state index is 5.32. The summed E-state index contributed by atoms with van der Waals surface area (Å²) >= 11 is 0. The van der Waals surface area contributed by atoms with Crippen LogP contribution in [-0.4, -0.2) is 22.7 Å². The first-order valence-electron chi connectivity index (χ1n) is 7.86. The lowest BCUT2D eigenvalue weighted by Gasteiger charge is -2.10. The quantitative estimate of drug-likeness (QED) is 0.769. The van der Waals surface area contributed by atoms with E-state index in [0.29, 0.717) is 6.04 Å². The molecule has 2 aromatic rings. The Morgan fingerprint density at radius 2 is 1.95 bits per heavy atom. The Morgan fingerprint density at radius 3 is 2.71 bits per heavy atom. The van der Waals surface area contributed by atoms with Gasteiger partial charge in [0.05, 0.1) is 0 Å².